The van der Waals surface area contributed by atoms with Crippen LogP contribution in [0.15, 0.2) is 47.6 Å². The van der Waals surface area contributed by atoms with Crippen molar-refractivity contribution in [2.75, 3.05) is 13.7 Å². The summed E-state index contributed by atoms with van der Waals surface area (Å²) < 4.78 is 18.2. The van der Waals surface area contributed by atoms with Gasteiger partial charge in [0.1, 0.15) is 17.9 Å². The Bertz CT molecular complexity index is 1540. The van der Waals surface area contributed by atoms with Crippen LogP contribution in [0.1, 0.15) is 125 Å². The van der Waals surface area contributed by atoms with Crippen molar-refractivity contribution in [3.63, 3.8) is 0 Å². The molecule has 2 saturated heterocycles. The molecule has 3 aliphatic heterocycles. The van der Waals surface area contributed by atoms with Gasteiger partial charge in [-0.05, 0) is 107 Å². The summed E-state index contributed by atoms with van der Waals surface area (Å²) in [7, 11) is 1.59. The number of nitrogens with zero attached hydrogens (tertiary/aromatic N) is 1. The molecule has 1 aliphatic carbocycles. The van der Waals surface area contributed by atoms with Crippen LogP contribution in [0.4, 0.5) is 0 Å². The summed E-state index contributed by atoms with van der Waals surface area (Å²) in [6.07, 6.45) is 13.1. The minimum absolute atomic E-state index is 0.0453. The molecule has 3 heterocycles. The molecule has 12 nitrogen and oxygen atoms in total. The highest BCUT2D eigenvalue weighted by Gasteiger charge is 2.53. The Morgan fingerprint density at radius 2 is 1.64 bits per heavy atom. The van der Waals surface area contributed by atoms with Gasteiger partial charge >= 0.3 is 5.97 Å². The number of carbonyl (C=O) groups is 4. The zero-order chi connectivity index (χ0) is 42.7. The van der Waals surface area contributed by atoms with E-state index in [-0.39, 0.29) is 61.4 Å². The fourth-order valence-corrected chi connectivity index (χ4v) is 9.04. The van der Waals surface area contributed by atoms with Crippen molar-refractivity contribution in [2.24, 2.45) is 29.6 Å². The van der Waals surface area contributed by atoms with E-state index in [4.69, 9.17) is 14.2 Å². The van der Waals surface area contributed by atoms with Gasteiger partial charge in [-0.25, -0.2) is 4.79 Å². The van der Waals surface area contributed by atoms with E-state index in [9.17, 15) is 39.6 Å². The van der Waals surface area contributed by atoms with Gasteiger partial charge in [-0.15, -0.1) is 0 Å². The van der Waals surface area contributed by atoms with Crippen molar-refractivity contribution in [1.82, 2.24) is 4.90 Å². The first-order chi connectivity index (χ1) is 27.4. The van der Waals surface area contributed by atoms with E-state index in [1.54, 1.807) is 27.0 Å². The topological polar surface area (TPSA) is 180 Å². The second kappa shape index (κ2) is 22.0. The maximum Gasteiger partial charge on any atom is 0.329 e. The van der Waals surface area contributed by atoms with E-state index in [0.29, 0.717) is 69.8 Å². The lowest BCUT2D eigenvalue weighted by Gasteiger charge is -2.42. The number of carbonyl (C=O) groups excluding carboxylic acids is 4. The van der Waals surface area contributed by atoms with Crippen LogP contribution in [-0.4, -0.2) is 111 Å². The van der Waals surface area contributed by atoms with Crippen molar-refractivity contribution < 1.29 is 53.8 Å². The number of ether oxygens (including phenoxy) is 3. The molecule has 4 rings (SSSR count). The number of aliphatic hydroxyl groups excluding tert-OH is 3. The third-order valence-corrected chi connectivity index (χ3v) is 13.1. The monoisotopic (exact) mass is 814 g/mol. The second-order valence-electron chi connectivity index (χ2n) is 17.9. The van der Waals surface area contributed by atoms with Gasteiger partial charge < -0.3 is 39.5 Å². The predicted octanol–water partition coefficient (Wildman–Crippen LogP) is 5.70. The highest BCUT2D eigenvalue weighted by molar-refractivity contribution is 6.39. The van der Waals surface area contributed by atoms with E-state index < -0.39 is 65.9 Å². The Morgan fingerprint density at radius 3 is 2.34 bits per heavy atom. The summed E-state index contributed by atoms with van der Waals surface area (Å²) in [5.41, 5.74) is 1.48. The van der Waals surface area contributed by atoms with Gasteiger partial charge in [0.15, 0.2) is 0 Å². The number of ketones is 2. The molecule has 0 aromatic carbocycles. The van der Waals surface area contributed by atoms with E-state index in [0.717, 1.165) is 5.57 Å². The van der Waals surface area contributed by atoms with Crippen LogP contribution in [-0.2, 0) is 33.4 Å². The number of cyclic esters (lactones) is 1. The second-order valence-corrected chi connectivity index (χ2v) is 17.9. The Morgan fingerprint density at radius 1 is 0.897 bits per heavy atom. The molecule has 0 radical (unpaired) electrons. The van der Waals surface area contributed by atoms with Gasteiger partial charge in [0, 0.05) is 44.8 Å². The summed E-state index contributed by atoms with van der Waals surface area (Å²) in [5.74, 6) is -6.14. The molecule has 0 spiro atoms. The number of rotatable bonds is 4. The number of piperidine rings is 1. The van der Waals surface area contributed by atoms with Crippen LogP contribution in [0.2, 0.25) is 0 Å². The Balaban J connectivity index is 1.65. The smallest absolute Gasteiger partial charge is 0.329 e. The lowest BCUT2D eigenvalue weighted by molar-refractivity contribution is -0.265. The molecule has 2 bridgehead atoms. The molecule has 0 aromatic rings. The molecule has 1 amide bonds. The van der Waals surface area contributed by atoms with Gasteiger partial charge in [-0.3, -0.25) is 14.4 Å². The molecule has 12 heteroatoms. The number of amides is 1. The van der Waals surface area contributed by atoms with E-state index >= 15 is 0 Å². The Kier molecular flexibility index (Phi) is 18.1. The number of aliphatic hydroxyl groups is 4. The molecular weight excluding hydrogens is 743 g/mol. The predicted molar refractivity (Wildman–Crippen MR) is 220 cm³/mol. The number of esters is 1. The number of Topliss-reactive ketones (excluding diaryl/α,β-unsaturated/α-hetero) is 2. The van der Waals surface area contributed by atoms with Crippen LogP contribution in [0.5, 0.6) is 0 Å². The number of fused-ring (bicyclic) bond motifs is 3. The van der Waals surface area contributed by atoms with Crippen LogP contribution < -0.4 is 0 Å². The molecule has 326 valence electrons. The highest BCUT2D eigenvalue weighted by Crippen LogP contribution is 2.37. The largest absolute Gasteiger partial charge is 0.460 e. The van der Waals surface area contributed by atoms with Crippen LogP contribution in [0, 0.1) is 29.6 Å². The summed E-state index contributed by atoms with van der Waals surface area (Å²) in [4.78, 5) is 56.8. The Labute approximate surface area is 345 Å². The average Bonchev–Trinajstić information content (AvgIpc) is 3.19. The fraction of sp³-hybridized carbons (Fsp3) is 0.739. The molecule has 4 aliphatic rings. The first kappa shape index (κ1) is 47.7. The highest BCUT2D eigenvalue weighted by atomic mass is 16.6. The number of methoxy groups -OCH3 is 1. The summed E-state index contributed by atoms with van der Waals surface area (Å²) in [5, 5.41) is 43.5. The number of allylic oxidation sites excluding steroid dienone is 5. The zero-order valence-corrected chi connectivity index (χ0v) is 35.9. The Hall–Kier alpha value is -3.00. The lowest BCUT2D eigenvalue weighted by Crippen LogP contribution is -2.61. The summed E-state index contributed by atoms with van der Waals surface area (Å²) in [6.45, 7) is 11.4. The fourth-order valence-electron chi connectivity index (χ4n) is 9.04. The first-order valence-corrected chi connectivity index (χ1v) is 21.7. The van der Waals surface area contributed by atoms with Crippen molar-refractivity contribution in [1.29, 1.82) is 0 Å². The molecule has 13 atom stereocenters. The molecule has 58 heavy (non-hydrogen) atoms. The van der Waals surface area contributed by atoms with E-state index in [2.05, 4.69) is 0 Å². The number of hydrogen-bond acceptors (Lipinski definition) is 11. The van der Waals surface area contributed by atoms with Gasteiger partial charge in [0.25, 0.3) is 11.7 Å². The SMILES string of the molecule is CO[C@@H]1C[C@@H]2CC[C@@H](C)[C@@](O)(O2)C(=O)C(=O)N2CCCC[C@H]2C(=O)OC([C@H](C)C[C@@H]2CC[C@@H](O)[C@H](O)C2)C/C=C(\C)[C@@H](O)CC(=O)[C@H](C)C[C@H](C)/C=C/C=C/C=C/1C. The summed E-state index contributed by atoms with van der Waals surface area (Å²) >= 11 is 0. The van der Waals surface area contributed by atoms with Crippen molar-refractivity contribution in [3.8, 4) is 0 Å². The minimum Gasteiger partial charge on any atom is -0.460 e. The maximum atomic E-state index is 14.2. The van der Waals surface area contributed by atoms with Gasteiger partial charge in [0.2, 0.25) is 5.79 Å². The summed E-state index contributed by atoms with van der Waals surface area (Å²) in [6, 6.07) is -1.06. The van der Waals surface area contributed by atoms with Crippen molar-refractivity contribution >= 4 is 23.4 Å². The molecule has 1 unspecified atom stereocenters. The zero-order valence-electron chi connectivity index (χ0n) is 35.9. The standard InChI is InChI=1S/C46H71NO11/c1-28-13-9-8-10-14-30(3)42(56-7)26-35-19-17-33(6)46(55,58-35)43(52)44(53)47-22-12-11-15-36(47)45(54)57-41(32(5)24-34-18-20-37(48)40(51)25-34)21-16-29(2)38(49)27-39(50)31(4)23-28/h8-10,13-14,16,28,31-38,40-42,48-49,51,55H,11-12,15,17-27H2,1-7H3/b10-8+,13-9+,29-16+,30-14+/t28-,31-,32-,33-,34+,35+,36+,37-,38+,40-,41?,42-,46-/m1/s1. The van der Waals surface area contributed by atoms with Crippen LogP contribution >= 0.6 is 0 Å². The molecule has 0 aromatic heterocycles. The van der Waals surface area contributed by atoms with Crippen molar-refractivity contribution in [3.05, 3.63) is 47.6 Å². The normalized spacial score (nSPS) is 40.8. The van der Waals surface area contributed by atoms with Crippen molar-refractivity contribution in [2.45, 2.75) is 173 Å². The number of hydrogen-bond donors (Lipinski definition) is 4. The first-order valence-electron chi connectivity index (χ1n) is 21.7. The van der Waals surface area contributed by atoms with Crippen LogP contribution in [0.25, 0.3) is 0 Å². The molecule has 3 fully saturated rings. The maximum absolute atomic E-state index is 14.2. The lowest BCUT2D eigenvalue weighted by atomic mass is 9.79. The quantitative estimate of drug-likeness (QED) is 0.156. The average molecular weight is 814 g/mol. The van der Waals surface area contributed by atoms with E-state index in [1.807, 2.05) is 58.1 Å². The third kappa shape index (κ3) is 12.8. The van der Waals surface area contributed by atoms with Gasteiger partial charge in [-0.1, -0.05) is 64.2 Å². The third-order valence-electron chi connectivity index (χ3n) is 13.1. The molecule has 4 N–H and O–H groups in total. The van der Waals surface area contributed by atoms with Gasteiger partial charge in [0.05, 0.1) is 30.5 Å². The molecular formula is C46H71NO11. The van der Waals surface area contributed by atoms with Crippen LogP contribution in [0.3, 0.4) is 0 Å². The van der Waals surface area contributed by atoms with E-state index in [1.165, 1.54) is 4.90 Å². The molecule has 1 saturated carbocycles. The minimum atomic E-state index is -2.38. The van der Waals surface area contributed by atoms with Gasteiger partial charge in [-0.2, -0.15) is 0 Å².